The molecule has 2 aromatic carbocycles. The van der Waals surface area contributed by atoms with Crippen LogP contribution in [0.5, 0.6) is 5.75 Å². The van der Waals surface area contributed by atoms with Crippen LogP contribution in [0.15, 0.2) is 42.5 Å². The molecule has 2 aromatic rings. The van der Waals surface area contributed by atoms with Gasteiger partial charge in [-0.2, -0.15) is 0 Å². The van der Waals surface area contributed by atoms with Crippen molar-refractivity contribution in [1.82, 2.24) is 0 Å². The molecule has 0 aliphatic heterocycles. The molecule has 116 valence electrons. The van der Waals surface area contributed by atoms with Gasteiger partial charge in [0.1, 0.15) is 5.75 Å². The van der Waals surface area contributed by atoms with Crippen LogP contribution in [0, 0.1) is 0 Å². The zero-order valence-corrected chi connectivity index (χ0v) is 13.3. The first kappa shape index (κ1) is 15.1. The maximum absolute atomic E-state index is 5.87. The normalized spacial score (nSPS) is 15.2. The van der Waals surface area contributed by atoms with Gasteiger partial charge in [-0.05, 0) is 73.0 Å². The smallest absolute Gasteiger partial charge is 0.118 e. The predicted octanol–water partition coefficient (Wildman–Crippen LogP) is 4.05. The third kappa shape index (κ3) is 3.17. The van der Waals surface area contributed by atoms with Gasteiger partial charge in [0.25, 0.3) is 0 Å². The third-order valence-corrected chi connectivity index (χ3v) is 4.75. The second kappa shape index (κ2) is 6.97. The molecule has 2 N–H and O–H groups in total. The van der Waals surface area contributed by atoms with Gasteiger partial charge in [0.05, 0.1) is 7.11 Å². The Kier molecular flexibility index (Phi) is 4.79. The van der Waals surface area contributed by atoms with E-state index in [1.54, 1.807) is 12.7 Å². The molecule has 22 heavy (non-hydrogen) atoms. The van der Waals surface area contributed by atoms with Gasteiger partial charge in [0, 0.05) is 5.92 Å². The minimum absolute atomic E-state index is 0.378. The van der Waals surface area contributed by atoms with Gasteiger partial charge in [-0.15, -0.1) is 0 Å². The molecule has 1 atom stereocenters. The van der Waals surface area contributed by atoms with Crippen LogP contribution in [0.1, 0.15) is 47.4 Å². The molecule has 0 radical (unpaired) electrons. The van der Waals surface area contributed by atoms with E-state index in [0.29, 0.717) is 12.5 Å². The van der Waals surface area contributed by atoms with Gasteiger partial charge in [-0.1, -0.05) is 30.3 Å². The van der Waals surface area contributed by atoms with Gasteiger partial charge < -0.3 is 10.5 Å². The average molecular weight is 295 g/mol. The standard InChI is InChI=1S/C20H25NO/c1-22-19-10-8-16(9-11-19)20(12-13-21)18-7-6-15-4-2-3-5-17(15)14-18/h6-11,14,20H,2-5,12-13,21H2,1H3. The Balaban J connectivity index is 1.92. The van der Waals surface area contributed by atoms with Gasteiger partial charge >= 0.3 is 0 Å². The molecule has 1 unspecified atom stereocenters. The number of nitrogens with two attached hydrogens (primary N) is 1. The molecule has 0 saturated carbocycles. The number of methoxy groups -OCH3 is 1. The largest absolute Gasteiger partial charge is 0.497 e. The van der Waals surface area contributed by atoms with Crippen LogP contribution in [0.2, 0.25) is 0 Å². The maximum Gasteiger partial charge on any atom is 0.118 e. The Labute approximate surface area is 133 Å². The fraction of sp³-hybridized carbons (Fsp3) is 0.400. The lowest BCUT2D eigenvalue weighted by Crippen LogP contribution is -2.11. The van der Waals surface area contributed by atoms with Crippen molar-refractivity contribution in [2.24, 2.45) is 5.73 Å². The van der Waals surface area contributed by atoms with Crippen LogP contribution < -0.4 is 10.5 Å². The number of hydrogen-bond acceptors (Lipinski definition) is 2. The Morgan fingerprint density at radius 3 is 2.32 bits per heavy atom. The minimum atomic E-state index is 0.378. The summed E-state index contributed by atoms with van der Waals surface area (Å²) < 4.78 is 5.26. The summed E-state index contributed by atoms with van der Waals surface area (Å²) in [5.41, 5.74) is 11.7. The van der Waals surface area contributed by atoms with E-state index < -0.39 is 0 Å². The van der Waals surface area contributed by atoms with Crippen LogP contribution in [0.4, 0.5) is 0 Å². The van der Waals surface area contributed by atoms with E-state index in [1.807, 2.05) is 12.1 Å². The molecule has 0 heterocycles. The highest BCUT2D eigenvalue weighted by Crippen LogP contribution is 2.32. The van der Waals surface area contributed by atoms with Crippen molar-refractivity contribution in [3.63, 3.8) is 0 Å². The Bertz CT molecular complexity index is 618. The number of fused-ring (bicyclic) bond motifs is 1. The molecule has 0 spiro atoms. The molecule has 1 aliphatic carbocycles. The highest BCUT2D eigenvalue weighted by Gasteiger charge is 2.16. The minimum Gasteiger partial charge on any atom is -0.497 e. The van der Waals surface area contributed by atoms with E-state index in [4.69, 9.17) is 10.5 Å². The quantitative estimate of drug-likeness (QED) is 0.903. The highest BCUT2D eigenvalue weighted by atomic mass is 16.5. The van der Waals surface area contributed by atoms with E-state index in [-0.39, 0.29) is 0 Å². The number of hydrogen-bond donors (Lipinski definition) is 1. The third-order valence-electron chi connectivity index (χ3n) is 4.75. The molecule has 2 heteroatoms. The first-order chi connectivity index (χ1) is 10.8. The van der Waals surface area contributed by atoms with Crippen LogP contribution in [0.3, 0.4) is 0 Å². The fourth-order valence-electron chi connectivity index (χ4n) is 3.50. The molecule has 3 rings (SSSR count). The van der Waals surface area contributed by atoms with Crippen LogP contribution in [-0.4, -0.2) is 13.7 Å². The summed E-state index contributed by atoms with van der Waals surface area (Å²) in [6.07, 6.45) is 6.09. The van der Waals surface area contributed by atoms with Crippen LogP contribution in [0.25, 0.3) is 0 Å². The van der Waals surface area contributed by atoms with E-state index >= 15 is 0 Å². The molecule has 1 aliphatic rings. The number of benzene rings is 2. The van der Waals surface area contributed by atoms with Gasteiger partial charge in [0.15, 0.2) is 0 Å². The van der Waals surface area contributed by atoms with E-state index in [2.05, 4.69) is 30.3 Å². The van der Waals surface area contributed by atoms with Crippen molar-refractivity contribution in [3.8, 4) is 5.75 Å². The van der Waals surface area contributed by atoms with Crippen molar-refractivity contribution < 1.29 is 4.74 Å². The lowest BCUT2D eigenvalue weighted by Gasteiger charge is -2.22. The summed E-state index contributed by atoms with van der Waals surface area (Å²) in [6, 6.07) is 15.5. The summed E-state index contributed by atoms with van der Waals surface area (Å²) in [4.78, 5) is 0. The molecular weight excluding hydrogens is 270 g/mol. The Morgan fingerprint density at radius 2 is 1.64 bits per heavy atom. The maximum atomic E-state index is 5.87. The predicted molar refractivity (Wildman–Crippen MR) is 91.6 cm³/mol. The molecule has 2 nitrogen and oxygen atoms in total. The second-order valence-corrected chi connectivity index (χ2v) is 6.14. The Hall–Kier alpha value is -1.80. The van der Waals surface area contributed by atoms with Crippen LogP contribution in [-0.2, 0) is 12.8 Å². The molecular formula is C20H25NO. The molecule has 0 bridgehead atoms. The fourth-order valence-corrected chi connectivity index (χ4v) is 3.50. The van der Waals surface area contributed by atoms with E-state index in [1.165, 1.54) is 42.4 Å². The Morgan fingerprint density at radius 1 is 0.955 bits per heavy atom. The summed E-state index contributed by atoms with van der Waals surface area (Å²) in [7, 11) is 1.70. The SMILES string of the molecule is COc1ccc(C(CCN)c2ccc3c(c2)CCCC3)cc1. The second-order valence-electron chi connectivity index (χ2n) is 6.14. The monoisotopic (exact) mass is 295 g/mol. The molecule has 0 amide bonds. The highest BCUT2D eigenvalue weighted by molar-refractivity contribution is 5.41. The summed E-state index contributed by atoms with van der Waals surface area (Å²) in [5.74, 6) is 1.28. The summed E-state index contributed by atoms with van der Waals surface area (Å²) in [6.45, 7) is 0.702. The van der Waals surface area contributed by atoms with Crippen molar-refractivity contribution in [2.75, 3.05) is 13.7 Å². The molecule has 0 aromatic heterocycles. The van der Waals surface area contributed by atoms with Crippen molar-refractivity contribution in [2.45, 2.75) is 38.0 Å². The number of aryl methyl sites for hydroxylation is 2. The first-order valence-electron chi connectivity index (χ1n) is 8.27. The van der Waals surface area contributed by atoms with Crippen LogP contribution >= 0.6 is 0 Å². The molecule has 0 saturated heterocycles. The zero-order valence-electron chi connectivity index (χ0n) is 13.3. The van der Waals surface area contributed by atoms with E-state index in [9.17, 15) is 0 Å². The lowest BCUT2D eigenvalue weighted by molar-refractivity contribution is 0.414. The average Bonchev–Trinajstić information content (AvgIpc) is 2.59. The van der Waals surface area contributed by atoms with Gasteiger partial charge in [-0.3, -0.25) is 0 Å². The topological polar surface area (TPSA) is 35.2 Å². The van der Waals surface area contributed by atoms with E-state index in [0.717, 1.165) is 12.2 Å². The summed E-state index contributed by atoms with van der Waals surface area (Å²) >= 11 is 0. The van der Waals surface area contributed by atoms with Gasteiger partial charge in [0.2, 0.25) is 0 Å². The zero-order chi connectivity index (χ0) is 15.4. The molecule has 0 fully saturated rings. The van der Waals surface area contributed by atoms with Crippen molar-refractivity contribution in [3.05, 3.63) is 64.7 Å². The lowest BCUT2D eigenvalue weighted by atomic mass is 9.84. The first-order valence-corrected chi connectivity index (χ1v) is 8.27. The van der Waals surface area contributed by atoms with Crippen molar-refractivity contribution >= 4 is 0 Å². The number of rotatable bonds is 5. The summed E-state index contributed by atoms with van der Waals surface area (Å²) in [5, 5.41) is 0. The van der Waals surface area contributed by atoms with Gasteiger partial charge in [-0.25, -0.2) is 0 Å². The van der Waals surface area contributed by atoms with Crippen molar-refractivity contribution in [1.29, 1.82) is 0 Å². The number of ether oxygens (including phenoxy) is 1.